The molecule has 0 aromatic heterocycles. The first-order chi connectivity index (χ1) is 12.3. The summed E-state index contributed by atoms with van der Waals surface area (Å²) in [5.41, 5.74) is 4.24. The van der Waals surface area contributed by atoms with Gasteiger partial charge in [0.25, 0.3) is 0 Å². The van der Waals surface area contributed by atoms with E-state index in [2.05, 4.69) is 16.7 Å². The Bertz CT molecular complexity index is 828. The van der Waals surface area contributed by atoms with Crippen LogP contribution >= 0.6 is 0 Å². The SMILES string of the molecule is C=CC1=C(C)c2ccc(O)cc2/C(=N\OCC2CN2O[N+](N)=O)C1(C)C. The molecule has 1 aliphatic carbocycles. The summed E-state index contributed by atoms with van der Waals surface area (Å²) in [6.07, 6.45) is 1.83. The van der Waals surface area contributed by atoms with Crippen molar-refractivity contribution < 1.29 is 19.9 Å². The highest BCUT2D eigenvalue weighted by molar-refractivity contribution is 6.13. The third-order valence-corrected chi connectivity index (χ3v) is 4.81. The highest BCUT2D eigenvalue weighted by Crippen LogP contribution is 2.44. The van der Waals surface area contributed by atoms with Crippen molar-refractivity contribution in [1.29, 1.82) is 0 Å². The fourth-order valence-electron chi connectivity index (χ4n) is 3.39. The number of benzene rings is 1. The molecule has 0 spiro atoms. The van der Waals surface area contributed by atoms with Gasteiger partial charge in [-0.15, -0.1) is 5.84 Å². The number of allylic oxidation sites excluding steroid dienone is 3. The minimum absolute atomic E-state index is 0.0779. The summed E-state index contributed by atoms with van der Waals surface area (Å²) in [6, 6.07) is 5.14. The molecule has 26 heavy (non-hydrogen) atoms. The molecule has 1 heterocycles. The molecule has 138 valence electrons. The van der Waals surface area contributed by atoms with Gasteiger partial charge in [0.2, 0.25) is 0 Å². The first kappa shape index (κ1) is 17.9. The topological polar surface area (TPSA) is 100 Å². The standard InChI is InChI=1S/C18H22N4O4/c1-5-16-11(2)14-7-6-13(23)8-15(14)17(18(16,3)4)20-25-10-12-9-21(12)26-22(19)24/h5-8,12H,1,9-10H2,2-4H3,(H2-,19,23,24)/p+1/b20-17+. The summed E-state index contributed by atoms with van der Waals surface area (Å²) < 4.78 is 0. The normalized spacial score (nSPS) is 24.8. The maximum absolute atomic E-state index is 10.6. The van der Waals surface area contributed by atoms with Crippen molar-refractivity contribution in [2.75, 3.05) is 13.2 Å². The number of oxime groups is 1. The zero-order valence-corrected chi connectivity index (χ0v) is 15.1. The van der Waals surface area contributed by atoms with Crippen molar-refractivity contribution in [1.82, 2.24) is 5.06 Å². The Morgan fingerprint density at radius 2 is 2.23 bits per heavy atom. The average Bonchev–Trinajstić information content (AvgIpc) is 3.27. The number of nitrogens with zero attached hydrogens (tertiary/aromatic N) is 3. The summed E-state index contributed by atoms with van der Waals surface area (Å²) in [5, 5.41) is 15.6. The van der Waals surface area contributed by atoms with Gasteiger partial charge in [0.1, 0.15) is 23.3 Å². The lowest BCUT2D eigenvalue weighted by Gasteiger charge is -2.35. The predicted molar refractivity (Wildman–Crippen MR) is 96.6 cm³/mol. The summed E-state index contributed by atoms with van der Waals surface area (Å²) in [7, 11) is 0. The number of aromatic hydroxyl groups is 1. The van der Waals surface area contributed by atoms with Gasteiger partial charge in [0.15, 0.2) is 0 Å². The molecule has 1 aliphatic heterocycles. The van der Waals surface area contributed by atoms with E-state index in [1.165, 1.54) is 5.06 Å². The molecule has 2 unspecified atom stereocenters. The monoisotopic (exact) mass is 359 g/mol. The van der Waals surface area contributed by atoms with Crippen molar-refractivity contribution in [3.63, 3.8) is 0 Å². The molecule has 3 N–H and O–H groups in total. The van der Waals surface area contributed by atoms with E-state index in [1.54, 1.807) is 12.1 Å². The number of nitrogens with two attached hydrogens (primary N) is 1. The van der Waals surface area contributed by atoms with Gasteiger partial charge in [-0.2, -0.15) is 0 Å². The van der Waals surface area contributed by atoms with E-state index >= 15 is 0 Å². The third-order valence-electron chi connectivity index (χ3n) is 4.81. The fourth-order valence-corrected chi connectivity index (χ4v) is 3.39. The lowest BCUT2D eigenvalue weighted by molar-refractivity contribution is -0.850. The van der Waals surface area contributed by atoms with Crippen LogP contribution in [0, 0.1) is 10.3 Å². The molecular weight excluding hydrogens is 336 g/mol. The van der Waals surface area contributed by atoms with Gasteiger partial charge >= 0.3 is 5.03 Å². The number of hydrogen-bond acceptors (Lipinski definition) is 6. The van der Waals surface area contributed by atoms with Crippen LogP contribution in [0.3, 0.4) is 0 Å². The van der Waals surface area contributed by atoms with Crippen LogP contribution in [0.1, 0.15) is 31.9 Å². The van der Waals surface area contributed by atoms with Gasteiger partial charge in [0.05, 0.1) is 12.3 Å². The number of rotatable bonds is 6. The zero-order chi connectivity index (χ0) is 19.1. The first-order valence-corrected chi connectivity index (χ1v) is 8.30. The summed E-state index contributed by atoms with van der Waals surface area (Å²) in [5.74, 6) is 5.06. The number of hydrazine groups is 1. The van der Waals surface area contributed by atoms with Gasteiger partial charge in [-0.05, 0) is 49.6 Å². The summed E-state index contributed by atoms with van der Waals surface area (Å²) >= 11 is 0. The molecule has 2 atom stereocenters. The van der Waals surface area contributed by atoms with Crippen LogP contribution in [0.5, 0.6) is 5.75 Å². The lowest BCUT2D eigenvalue weighted by atomic mass is 9.69. The quantitative estimate of drug-likeness (QED) is 0.459. The van der Waals surface area contributed by atoms with Crippen LogP contribution in [0.15, 0.2) is 41.6 Å². The van der Waals surface area contributed by atoms with Gasteiger partial charge in [0, 0.05) is 11.0 Å². The molecule has 8 nitrogen and oxygen atoms in total. The van der Waals surface area contributed by atoms with Crippen LogP contribution in [0.2, 0.25) is 0 Å². The number of fused-ring (bicyclic) bond motifs is 1. The molecule has 8 heteroatoms. The molecule has 1 saturated heterocycles. The smallest absolute Gasteiger partial charge is 0.375 e. The van der Waals surface area contributed by atoms with Gasteiger partial charge in [-0.25, -0.2) is 0 Å². The highest BCUT2D eigenvalue weighted by Gasteiger charge is 2.43. The molecule has 0 radical (unpaired) electrons. The first-order valence-electron chi connectivity index (χ1n) is 8.30. The van der Waals surface area contributed by atoms with E-state index in [-0.39, 0.29) is 23.4 Å². The van der Waals surface area contributed by atoms with Crippen LogP contribution in [-0.4, -0.2) is 40.1 Å². The number of hydrogen-bond donors (Lipinski definition) is 2. The number of phenols is 1. The van der Waals surface area contributed by atoms with Crippen molar-refractivity contribution in [2.24, 2.45) is 16.4 Å². The zero-order valence-electron chi connectivity index (χ0n) is 15.1. The van der Waals surface area contributed by atoms with E-state index in [4.69, 9.17) is 10.7 Å². The molecule has 1 aromatic rings. The maximum atomic E-state index is 10.6. The highest BCUT2D eigenvalue weighted by atomic mass is 16.9. The average molecular weight is 359 g/mol. The maximum Gasteiger partial charge on any atom is 0.375 e. The second-order valence-corrected chi connectivity index (χ2v) is 6.95. The van der Waals surface area contributed by atoms with Crippen molar-refractivity contribution in [3.05, 3.63) is 52.5 Å². The Hall–Kier alpha value is -2.87. The second-order valence-electron chi connectivity index (χ2n) is 6.95. The molecule has 0 amide bonds. The molecule has 1 fully saturated rings. The van der Waals surface area contributed by atoms with Crippen molar-refractivity contribution >= 4 is 11.3 Å². The van der Waals surface area contributed by atoms with Crippen molar-refractivity contribution in [3.8, 4) is 5.75 Å². The Morgan fingerprint density at radius 3 is 2.88 bits per heavy atom. The van der Waals surface area contributed by atoms with Crippen LogP contribution in [0.25, 0.3) is 5.57 Å². The van der Waals surface area contributed by atoms with Gasteiger partial charge in [-0.1, -0.05) is 33.9 Å². The molecule has 0 saturated carbocycles. The van der Waals surface area contributed by atoms with E-state index in [1.807, 2.05) is 32.9 Å². The molecule has 3 rings (SSSR count). The summed E-state index contributed by atoms with van der Waals surface area (Å²) in [6.45, 7) is 10.9. The molecule has 0 bridgehead atoms. The Kier molecular flexibility index (Phi) is 4.45. The number of hydroxylamine groups is 2. The fraction of sp³-hybridized carbons (Fsp3) is 0.389. The predicted octanol–water partition coefficient (Wildman–Crippen LogP) is 2.30. The van der Waals surface area contributed by atoms with E-state index in [9.17, 15) is 10.0 Å². The Morgan fingerprint density at radius 1 is 1.50 bits per heavy atom. The van der Waals surface area contributed by atoms with Gasteiger partial charge < -0.3 is 9.94 Å². The summed E-state index contributed by atoms with van der Waals surface area (Å²) in [4.78, 5) is 20.9. The van der Waals surface area contributed by atoms with E-state index in [0.29, 0.717) is 12.3 Å². The van der Waals surface area contributed by atoms with Crippen LogP contribution in [-0.2, 0) is 9.78 Å². The lowest BCUT2D eigenvalue weighted by Crippen LogP contribution is -2.32. The minimum Gasteiger partial charge on any atom is -0.508 e. The molecule has 2 aliphatic rings. The Labute approximate surface area is 151 Å². The van der Waals surface area contributed by atoms with E-state index in [0.717, 1.165) is 22.3 Å². The molecular formula is C18H23N4O4+. The van der Waals surface area contributed by atoms with Gasteiger partial charge in [-0.3, -0.25) is 0 Å². The number of phenolic OH excluding ortho intramolecular Hbond substituents is 1. The van der Waals surface area contributed by atoms with E-state index < -0.39 is 5.41 Å². The third kappa shape index (κ3) is 3.15. The Balaban J connectivity index is 1.87. The van der Waals surface area contributed by atoms with Crippen molar-refractivity contribution in [2.45, 2.75) is 26.8 Å². The minimum atomic E-state index is -0.435. The molecule has 1 aromatic carbocycles. The largest absolute Gasteiger partial charge is 0.508 e. The second kappa shape index (κ2) is 6.45. The van der Waals surface area contributed by atoms with Crippen LogP contribution < -0.4 is 5.84 Å². The van der Waals surface area contributed by atoms with Crippen LogP contribution in [0.4, 0.5) is 0 Å².